The monoisotopic (exact) mass is 450 g/mol. The molecule has 1 fully saturated rings. The van der Waals surface area contributed by atoms with E-state index in [4.69, 9.17) is 0 Å². The second kappa shape index (κ2) is 7.21. The zero-order chi connectivity index (χ0) is 22.7. The highest BCUT2D eigenvalue weighted by Crippen LogP contribution is 2.57. The molecule has 6 nitrogen and oxygen atoms in total. The molecule has 3 aromatic heterocycles. The zero-order valence-electron chi connectivity index (χ0n) is 17.0. The van der Waals surface area contributed by atoms with Gasteiger partial charge in [0.25, 0.3) is 0 Å². The Morgan fingerprint density at radius 3 is 2.69 bits per heavy atom. The predicted octanol–water partition coefficient (Wildman–Crippen LogP) is 5.39. The lowest BCUT2D eigenvalue weighted by atomic mass is 9.93. The summed E-state index contributed by atoms with van der Waals surface area (Å²) in [4.78, 5) is 12.8. The molecule has 1 aliphatic heterocycles. The maximum Gasteiger partial charge on any atom is 0.396 e. The van der Waals surface area contributed by atoms with Gasteiger partial charge in [0.15, 0.2) is 5.82 Å². The number of hydrogen-bond acceptors (Lipinski definition) is 5. The van der Waals surface area contributed by atoms with Gasteiger partial charge in [-0.3, -0.25) is 0 Å². The summed E-state index contributed by atoms with van der Waals surface area (Å²) in [5.41, 5.74) is 1.63. The summed E-state index contributed by atoms with van der Waals surface area (Å²) < 4.78 is 66.9. The first kappa shape index (κ1) is 20.8. The minimum atomic E-state index is -4.25. The minimum absolute atomic E-state index is 0.0977. The van der Waals surface area contributed by atoms with Crippen molar-refractivity contribution in [1.29, 1.82) is 0 Å². The lowest BCUT2D eigenvalue weighted by molar-refractivity contribution is -0.182. The molecule has 5 rings (SSSR count). The summed E-state index contributed by atoms with van der Waals surface area (Å²) in [7, 11) is 0. The van der Waals surface area contributed by atoms with Crippen molar-refractivity contribution in [3.63, 3.8) is 0 Å². The Morgan fingerprint density at radius 1 is 1.22 bits per heavy atom. The number of pyridine rings is 1. The highest BCUT2D eigenvalue weighted by molar-refractivity contribution is 5.96. The Morgan fingerprint density at radius 2 is 2.00 bits per heavy atom. The van der Waals surface area contributed by atoms with E-state index in [2.05, 4.69) is 25.4 Å². The third-order valence-corrected chi connectivity index (χ3v) is 6.24. The van der Waals surface area contributed by atoms with Gasteiger partial charge in [0.2, 0.25) is 12.4 Å². The smallest absolute Gasteiger partial charge is 0.352 e. The van der Waals surface area contributed by atoms with E-state index < -0.39 is 23.9 Å². The number of hydrogen-bond donors (Lipinski definition) is 1. The van der Waals surface area contributed by atoms with Crippen LogP contribution < -0.4 is 5.32 Å². The van der Waals surface area contributed by atoms with E-state index in [0.29, 0.717) is 28.2 Å². The molecule has 1 unspecified atom stereocenters. The van der Waals surface area contributed by atoms with Crippen LogP contribution in [0.5, 0.6) is 0 Å². The molecule has 1 N–H and O–H groups in total. The van der Waals surface area contributed by atoms with Gasteiger partial charge in [-0.1, -0.05) is 0 Å². The van der Waals surface area contributed by atoms with Crippen LogP contribution in [-0.4, -0.2) is 44.4 Å². The van der Waals surface area contributed by atoms with E-state index in [1.807, 2.05) is 0 Å². The first-order valence-corrected chi connectivity index (χ1v) is 10.2. The van der Waals surface area contributed by atoms with Crippen molar-refractivity contribution in [1.82, 2.24) is 19.6 Å². The van der Waals surface area contributed by atoms with Crippen molar-refractivity contribution in [2.45, 2.75) is 44.7 Å². The molecule has 32 heavy (non-hydrogen) atoms. The molecule has 0 bridgehead atoms. The highest BCUT2D eigenvalue weighted by atomic mass is 19.4. The van der Waals surface area contributed by atoms with Crippen LogP contribution >= 0.6 is 0 Å². The second-order valence-corrected chi connectivity index (χ2v) is 8.34. The molecular formula is C21H19F5N6. The van der Waals surface area contributed by atoms with Gasteiger partial charge in [0.1, 0.15) is 0 Å². The summed E-state index contributed by atoms with van der Waals surface area (Å²) >= 11 is 0. The van der Waals surface area contributed by atoms with Crippen LogP contribution in [0, 0.1) is 5.41 Å². The lowest BCUT2D eigenvalue weighted by Crippen LogP contribution is -2.32. The SMILES string of the molecule is CC1=Nc2ncc(-c3ccn4nc(NCC5(C(F)(F)F)CC5)ncc34)cc2C1CC(F)F. The third-order valence-electron chi connectivity index (χ3n) is 6.24. The molecule has 0 radical (unpaired) electrons. The summed E-state index contributed by atoms with van der Waals surface area (Å²) in [6.45, 7) is 1.45. The van der Waals surface area contributed by atoms with Crippen molar-refractivity contribution >= 4 is 23.0 Å². The lowest BCUT2D eigenvalue weighted by Gasteiger charge is -2.19. The van der Waals surface area contributed by atoms with Gasteiger partial charge in [-0.15, -0.1) is 5.10 Å². The second-order valence-electron chi connectivity index (χ2n) is 8.34. The van der Waals surface area contributed by atoms with E-state index in [0.717, 1.165) is 5.56 Å². The fraction of sp³-hybridized carbons (Fsp3) is 0.429. The molecule has 0 spiro atoms. The first-order chi connectivity index (χ1) is 15.2. The van der Waals surface area contributed by atoms with Crippen molar-refractivity contribution in [3.05, 3.63) is 36.3 Å². The van der Waals surface area contributed by atoms with E-state index in [9.17, 15) is 22.0 Å². The number of anilines is 1. The van der Waals surface area contributed by atoms with Crippen LogP contribution in [0.1, 0.15) is 37.7 Å². The summed E-state index contributed by atoms with van der Waals surface area (Å²) in [5.74, 6) is 0.0619. The van der Waals surface area contributed by atoms with Crippen molar-refractivity contribution < 1.29 is 22.0 Å². The Kier molecular flexibility index (Phi) is 4.68. The molecule has 1 saturated carbocycles. The van der Waals surface area contributed by atoms with Crippen molar-refractivity contribution in [2.75, 3.05) is 11.9 Å². The van der Waals surface area contributed by atoms with Crippen LogP contribution in [0.2, 0.25) is 0 Å². The topological polar surface area (TPSA) is 67.5 Å². The van der Waals surface area contributed by atoms with Crippen molar-refractivity contribution in [2.24, 2.45) is 10.4 Å². The van der Waals surface area contributed by atoms with Gasteiger partial charge in [0, 0.05) is 53.7 Å². The Balaban J connectivity index is 1.40. The summed E-state index contributed by atoms with van der Waals surface area (Å²) in [5, 5.41) is 6.95. The molecule has 1 aliphatic carbocycles. The molecule has 2 aliphatic rings. The third kappa shape index (κ3) is 3.49. The van der Waals surface area contributed by atoms with E-state index in [1.165, 1.54) is 10.7 Å². The molecule has 168 valence electrons. The van der Waals surface area contributed by atoms with Gasteiger partial charge >= 0.3 is 6.18 Å². The molecule has 0 aromatic carbocycles. The number of aromatic nitrogens is 4. The molecule has 0 saturated heterocycles. The van der Waals surface area contributed by atoms with Crippen LogP contribution in [0.3, 0.4) is 0 Å². The Labute approximate surface area is 179 Å². The Bertz CT molecular complexity index is 1210. The summed E-state index contributed by atoms with van der Waals surface area (Å²) in [6.07, 6.45) is -2.04. The molecule has 11 heteroatoms. The number of fused-ring (bicyclic) bond motifs is 2. The standard InChI is InChI=1S/C21H19F5N6/c1-11-14(7-17(22)23)15-6-12(8-27-18(15)30-11)13-2-5-32-16(13)9-28-19(31-32)29-10-20(3-4-20)21(24,25)26/h2,5-6,8-9,14,17H,3-4,7,10H2,1H3,(H,29,31). The number of nitrogens with zero attached hydrogens (tertiary/aromatic N) is 5. The quantitative estimate of drug-likeness (QED) is 0.512. The van der Waals surface area contributed by atoms with Crippen molar-refractivity contribution in [3.8, 4) is 11.1 Å². The number of halogens is 5. The van der Waals surface area contributed by atoms with Gasteiger partial charge in [-0.25, -0.2) is 28.3 Å². The number of nitrogens with one attached hydrogen (secondary N) is 1. The van der Waals surface area contributed by atoms with Gasteiger partial charge < -0.3 is 5.32 Å². The van der Waals surface area contributed by atoms with E-state index >= 15 is 0 Å². The van der Waals surface area contributed by atoms with Gasteiger partial charge in [0.05, 0.1) is 17.1 Å². The Hall–Kier alpha value is -3.11. The molecule has 3 aromatic rings. The largest absolute Gasteiger partial charge is 0.396 e. The zero-order valence-corrected chi connectivity index (χ0v) is 17.0. The fourth-order valence-corrected chi connectivity index (χ4v) is 4.10. The van der Waals surface area contributed by atoms with Crippen LogP contribution in [0.4, 0.5) is 33.7 Å². The highest BCUT2D eigenvalue weighted by Gasteiger charge is 2.63. The average Bonchev–Trinajstić information content (AvgIpc) is 3.34. The first-order valence-electron chi connectivity index (χ1n) is 10.2. The molecule has 1 atom stereocenters. The van der Waals surface area contributed by atoms with E-state index in [1.54, 1.807) is 31.5 Å². The van der Waals surface area contributed by atoms with E-state index in [-0.39, 0.29) is 31.8 Å². The van der Waals surface area contributed by atoms with Crippen LogP contribution in [0.15, 0.2) is 35.7 Å². The predicted molar refractivity (Wildman–Crippen MR) is 109 cm³/mol. The normalized spacial score (nSPS) is 19.3. The molecule has 4 heterocycles. The molecular weight excluding hydrogens is 431 g/mol. The summed E-state index contributed by atoms with van der Waals surface area (Å²) in [6, 6.07) is 3.58. The number of aliphatic imine (C=N–C) groups is 1. The number of rotatable bonds is 6. The van der Waals surface area contributed by atoms with Gasteiger partial charge in [-0.2, -0.15) is 13.2 Å². The van der Waals surface area contributed by atoms with Crippen LogP contribution in [0.25, 0.3) is 16.6 Å². The van der Waals surface area contributed by atoms with Crippen LogP contribution in [-0.2, 0) is 0 Å². The fourth-order valence-electron chi connectivity index (χ4n) is 4.10. The van der Waals surface area contributed by atoms with Gasteiger partial charge in [-0.05, 0) is 31.9 Å². The average molecular weight is 450 g/mol. The maximum absolute atomic E-state index is 13.1. The maximum atomic E-state index is 13.1. The number of alkyl halides is 5. The minimum Gasteiger partial charge on any atom is -0.352 e. The molecule has 0 amide bonds.